The molecule has 0 unspecified atom stereocenters. The van der Waals surface area contributed by atoms with E-state index in [1.807, 2.05) is 19.1 Å². The van der Waals surface area contributed by atoms with Gasteiger partial charge in [-0.15, -0.1) is 0 Å². The van der Waals surface area contributed by atoms with E-state index in [1.165, 1.54) is 11.6 Å². The second kappa shape index (κ2) is 7.69. The number of allylic oxidation sites excluding steroid dienone is 2. The third kappa shape index (κ3) is 3.98. The lowest BCUT2D eigenvalue weighted by Crippen LogP contribution is -2.33. The second-order valence-corrected chi connectivity index (χ2v) is 8.56. The van der Waals surface area contributed by atoms with Crippen LogP contribution in [0.4, 0.5) is 0 Å². The van der Waals surface area contributed by atoms with Crippen molar-refractivity contribution in [1.82, 2.24) is 0 Å². The van der Waals surface area contributed by atoms with Crippen LogP contribution in [0, 0.1) is 0 Å². The molecule has 0 spiro atoms. The third-order valence-electron chi connectivity index (χ3n) is 5.67. The number of ketones is 1. The summed E-state index contributed by atoms with van der Waals surface area (Å²) < 4.78 is 12.4. The van der Waals surface area contributed by atoms with Crippen LogP contribution in [-0.4, -0.2) is 26.7 Å². The normalized spacial score (nSPS) is 21.5. The van der Waals surface area contributed by atoms with Crippen molar-refractivity contribution in [1.29, 1.82) is 0 Å². The first-order valence-electron chi connectivity index (χ1n) is 10.3. The minimum Gasteiger partial charge on any atom is -0.508 e. The molecular weight excluding hydrogens is 396 g/mol. The molecule has 0 aliphatic carbocycles. The predicted molar refractivity (Wildman–Crippen MR) is 117 cm³/mol. The minimum atomic E-state index is -0.677. The Morgan fingerprint density at radius 3 is 2.71 bits per heavy atom. The number of phenols is 3. The summed E-state index contributed by atoms with van der Waals surface area (Å²) >= 11 is 0. The van der Waals surface area contributed by atoms with E-state index in [1.54, 1.807) is 12.1 Å². The molecule has 0 aromatic heterocycles. The monoisotopic (exact) mass is 422 g/mol. The van der Waals surface area contributed by atoms with Crippen LogP contribution in [0.5, 0.6) is 28.7 Å². The van der Waals surface area contributed by atoms with E-state index in [2.05, 4.69) is 19.9 Å². The summed E-state index contributed by atoms with van der Waals surface area (Å²) in [6.07, 6.45) is 6.86. The highest BCUT2D eigenvalue weighted by Crippen LogP contribution is 2.47. The fourth-order valence-electron chi connectivity index (χ4n) is 4.04. The summed E-state index contributed by atoms with van der Waals surface area (Å²) in [5, 5.41) is 30.2. The molecule has 2 atom stereocenters. The number of fused-ring (bicyclic) bond motifs is 2. The summed E-state index contributed by atoms with van der Waals surface area (Å²) in [7, 11) is 0. The maximum atomic E-state index is 12.7. The van der Waals surface area contributed by atoms with Gasteiger partial charge in [-0.1, -0.05) is 11.6 Å². The fraction of sp³-hybridized carbons (Fsp3) is 0.320. The highest BCUT2D eigenvalue weighted by Gasteiger charge is 2.36. The Morgan fingerprint density at radius 2 is 1.97 bits per heavy atom. The second-order valence-electron chi connectivity index (χ2n) is 8.56. The lowest BCUT2D eigenvalue weighted by atomic mass is 9.90. The summed E-state index contributed by atoms with van der Waals surface area (Å²) in [6, 6.07) is 5.68. The first-order valence-corrected chi connectivity index (χ1v) is 10.3. The number of hydrogen-bond donors (Lipinski definition) is 3. The van der Waals surface area contributed by atoms with Gasteiger partial charge in [0.1, 0.15) is 46.0 Å². The molecule has 0 saturated heterocycles. The molecule has 0 radical (unpaired) electrons. The SMILES string of the molecule is CC(C)=CCC[C@]1(C)C=Cc2c(O)ccc([C@H]3CC(=O)c4c(O)cc(O)cc4O3)c2O1. The van der Waals surface area contributed by atoms with Gasteiger partial charge in [0.2, 0.25) is 0 Å². The van der Waals surface area contributed by atoms with Crippen molar-refractivity contribution in [2.24, 2.45) is 0 Å². The number of carbonyl (C=O) groups excluding carboxylic acids is 1. The smallest absolute Gasteiger partial charge is 0.174 e. The van der Waals surface area contributed by atoms with Crippen molar-refractivity contribution in [3.05, 3.63) is 58.7 Å². The van der Waals surface area contributed by atoms with Gasteiger partial charge in [0.15, 0.2) is 5.78 Å². The van der Waals surface area contributed by atoms with Gasteiger partial charge in [-0.05, 0) is 57.9 Å². The Bertz CT molecular complexity index is 1110. The number of hydrogen-bond acceptors (Lipinski definition) is 6. The van der Waals surface area contributed by atoms with E-state index in [4.69, 9.17) is 9.47 Å². The molecule has 2 aliphatic rings. The predicted octanol–water partition coefficient (Wildman–Crippen LogP) is 5.42. The molecule has 162 valence electrons. The highest BCUT2D eigenvalue weighted by molar-refractivity contribution is 6.02. The van der Waals surface area contributed by atoms with Gasteiger partial charge in [0, 0.05) is 17.7 Å². The molecule has 31 heavy (non-hydrogen) atoms. The third-order valence-corrected chi connectivity index (χ3v) is 5.67. The van der Waals surface area contributed by atoms with Gasteiger partial charge in [-0.25, -0.2) is 0 Å². The van der Waals surface area contributed by atoms with Gasteiger partial charge in [-0.3, -0.25) is 4.79 Å². The van der Waals surface area contributed by atoms with Crippen molar-refractivity contribution in [2.45, 2.75) is 51.7 Å². The molecule has 2 aliphatic heterocycles. The largest absolute Gasteiger partial charge is 0.508 e. The summed E-state index contributed by atoms with van der Waals surface area (Å²) in [6.45, 7) is 6.09. The Morgan fingerprint density at radius 1 is 1.19 bits per heavy atom. The standard InChI is InChI=1S/C25H26O6/c1-14(2)5-4-9-25(3)10-8-16-18(27)7-6-17(24(16)31-25)21-13-20(29)23-19(28)11-15(26)12-22(23)30-21/h5-8,10-12,21,26-28H,4,9,13H2,1-3H3/t21-,25-/m1/s1. The fourth-order valence-corrected chi connectivity index (χ4v) is 4.04. The number of benzene rings is 2. The Hall–Kier alpha value is -3.41. The Labute approximate surface area is 181 Å². The lowest BCUT2D eigenvalue weighted by molar-refractivity contribution is 0.0824. The average Bonchev–Trinajstić information content (AvgIpc) is 2.66. The molecule has 0 amide bonds. The highest BCUT2D eigenvalue weighted by atomic mass is 16.5. The van der Waals surface area contributed by atoms with Crippen LogP contribution in [0.25, 0.3) is 6.08 Å². The van der Waals surface area contributed by atoms with Gasteiger partial charge >= 0.3 is 0 Å². The maximum Gasteiger partial charge on any atom is 0.174 e. The van der Waals surface area contributed by atoms with E-state index in [0.29, 0.717) is 16.9 Å². The lowest BCUT2D eigenvalue weighted by Gasteiger charge is -2.35. The van der Waals surface area contributed by atoms with Gasteiger partial charge < -0.3 is 24.8 Å². The summed E-state index contributed by atoms with van der Waals surface area (Å²) in [5.74, 6) is -0.103. The molecule has 2 heterocycles. The van der Waals surface area contributed by atoms with E-state index in [-0.39, 0.29) is 40.8 Å². The van der Waals surface area contributed by atoms with E-state index in [9.17, 15) is 20.1 Å². The zero-order valence-electron chi connectivity index (χ0n) is 17.8. The average molecular weight is 422 g/mol. The topological polar surface area (TPSA) is 96.2 Å². The first-order chi connectivity index (χ1) is 14.7. The number of ether oxygens (including phenoxy) is 2. The Balaban J connectivity index is 1.70. The quantitative estimate of drug-likeness (QED) is 0.569. The molecule has 2 aromatic rings. The first kappa shape index (κ1) is 20.8. The number of Topliss-reactive ketones (excluding diaryl/α,β-unsaturated/α-hetero) is 1. The van der Waals surface area contributed by atoms with Crippen molar-refractivity contribution in [2.75, 3.05) is 0 Å². The molecule has 0 fully saturated rings. The maximum absolute atomic E-state index is 12.7. The molecule has 6 heteroatoms. The van der Waals surface area contributed by atoms with Crippen LogP contribution in [0.2, 0.25) is 0 Å². The molecule has 3 N–H and O–H groups in total. The van der Waals surface area contributed by atoms with Crippen molar-refractivity contribution in [3.63, 3.8) is 0 Å². The van der Waals surface area contributed by atoms with Crippen molar-refractivity contribution < 1.29 is 29.6 Å². The van der Waals surface area contributed by atoms with Crippen LogP contribution in [0.15, 0.2) is 42.0 Å². The van der Waals surface area contributed by atoms with Crippen molar-refractivity contribution in [3.8, 4) is 28.7 Å². The molecular formula is C25H26O6. The summed E-state index contributed by atoms with van der Waals surface area (Å²) in [4.78, 5) is 12.7. The van der Waals surface area contributed by atoms with Crippen molar-refractivity contribution >= 4 is 11.9 Å². The van der Waals surface area contributed by atoms with E-state index >= 15 is 0 Å². The van der Waals surface area contributed by atoms with E-state index in [0.717, 1.165) is 18.9 Å². The molecule has 2 aromatic carbocycles. The minimum absolute atomic E-state index is 0.00407. The zero-order valence-corrected chi connectivity index (χ0v) is 17.8. The van der Waals surface area contributed by atoms with Crippen LogP contribution in [-0.2, 0) is 0 Å². The number of carbonyl (C=O) groups is 1. The molecule has 4 rings (SSSR count). The number of rotatable bonds is 4. The molecule has 0 saturated carbocycles. The number of aromatic hydroxyl groups is 3. The van der Waals surface area contributed by atoms with Crippen LogP contribution >= 0.6 is 0 Å². The number of phenolic OH excluding ortho intramolecular Hbond substituents is 3. The molecule has 0 bridgehead atoms. The van der Waals surface area contributed by atoms with E-state index < -0.39 is 11.7 Å². The van der Waals surface area contributed by atoms with Gasteiger partial charge in [0.05, 0.1) is 12.0 Å². The van der Waals surface area contributed by atoms with Crippen LogP contribution in [0.3, 0.4) is 0 Å². The zero-order chi connectivity index (χ0) is 22.3. The van der Waals surface area contributed by atoms with Gasteiger partial charge in [0.25, 0.3) is 0 Å². The molecule has 6 nitrogen and oxygen atoms in total. The Kier molecular flexibility index (Phi) is 5.17. The van der Waals surface area contributed by atoms with Crippen LogP contribution in [0.1, 0.15) is 67.6 Å². The van der Waals surface area contributed by atoms with Crippen LogP contribution < -0.4 is 9.47 Å². The summed E-state index contributed by atoms with van der Waals surface area (Å²) in [5.41, 5.74) is 1.90. The van der Waals surface area contributed by atoms with Gasteiger partial charge in [-0.2, -0.15) is 0 Å².